The third-order valence-electron chi connectivity index (χ3n) is 1.87. The number of amides is 1. The second-order valence-corrected chi connectivity index (χ2v) is 4.71. The van der Waals surface area contributed by atoms with Gasteiger partial charge in [0.2, 0.25) is 5.91 Å². The fourth-order valence-corrected chi connectivity index (χ4v) is 1.64. The van der Waals surface area contributed by atoms with Crippen molar-refractivity contribution >= 4 is 27.8 Å². The van der Waals surface area contributed by atoms with E-state index in [9.17, 15) is 9.59 Å². The summed E-state index contributed by atoms with van der Waals surface area (Å²) in [5.41, 5.74) is 0. The van der Waals surface area contributed by atoms with Crippen LogP contribution in [-0.4, -0.2) is 41.8 Å². The summed E-state index contributed by atoms with van der Waals surface area (Å²) in [4.78, 5) is 24.6. The molecule has 5 heteroatoms. The van der Waals surface area contributed by atoms with Gasteiger partial charge in [0.15, 0.2) is 0 Å². The van der Waals surface area contributed by atoms with Crippen LogP contribution in [0.25, 0.3) is 0 Å². The van der Waals surface area contributed by atoms with Gasteiger partial charge in [-0.15, -0.1) is 0 Å². The number of ether oxygens (including phenoxy) is 1. The SMILES string of the molecule is CCOC(=O)CN(CC(C)C)C(=O)CCBr. The van der Waals surface area contributed by atoms with E-state index in [2.05, 4.69) is 15.9 Å². The monoisotopic (exact) mass is 293 g/mol. The van der Waals surface area contributed by atoms with Crippen LogP contribution in [0.1, 0.15) is 27.2 Å². The molecule has 0 aromatic rings. The molecule has 0 rings (SSSR count). The summed E-state index contributed by atoms with van der Waals surface area (Å²) < 4.78 is 4.84. The van der Waals surface area contributed by atoms with Crippen LogP contribution >= 0.6 is 15.9 Å². The zero-order valence-electron chi connectivity index (χ0n) is 10.2. The van der Waals surface area contributed by atoms with Gasteiger partial charge >= 0.3 is 5.97 Å². The molecule has 0 radical (unpaired) electrons. The highest BCUT2D eigenvalue weighted by Gasteiger charge is 2.18. The molecular formula is C11H20BrNO3. The van der Waals surface area contributed by atoms with Crippen LogP contribution in [0.15, 0.2) is 0 Å². The Hall–Kier alpha value is -0.580. The van der Waals surface area contributed by atoms with E-state index in [1.807, 2.05) is 13.8 Å². The van der Waals surface area contributed by atoms with Gasteiger partial charge in [-0.3, -0.25) is 9.59 Å². The molecule has 0 aromatic carbocycles. The summed E-state index contributed by atoms with van der Waals surface area (Å²) in [5.74, 6) is -0.0154. The second kappa shape index (κ2) is 8.56. The number of nitrogens with zero attached hydrogens (tertiary/aromatic N) is 1. The number of halogens is 1. The smallest absolute Gasteiger partial charge is 0.325 e. The lowest BCUT2D eigenvalue weighted by Gasteiger charge is -2.23. The molecule has 0 aliphatic heterocycles. The Labute approximate surface area is 105 Å². The van der Waals surface area contributed by atoms with Crippen LogP contribution in [0, 0.1) is 5.92 Å². The van der Waals surface area contributed by atoms with Crippen LogP contribution in [0.2, 0.25) is 0 Å². The van der Waals surface area contributed by atoms with Crippen LogP contribution in [0.4, 0.5) is 0 Å². The lowest BCUT2D eigenvalue weighted by Crippen LogP contribution is -2.39. The van der Waals surface area contributed by atoms with Crippen LogP contribution in [0.5, 0.6) is 0 Å². The van der Waals surface area contributed by atoms with Crippen molar-refractivity contribution in [2.75, 3.05) is 25.0 Å². The van der Waals surface area contributed by atoms with Crippen molar-refractivity contribution in [1.29, 1.82) is 0 Å². The third-order valence-corrected chi connectivity index (χ3v) is 2.27. The van der Waals surface area contributed by atoms with E-state index in [0.717, 1.165) is 0 Å². The summed E-state index contributed by atoms with van der Waals surface area (Å²) in [6, 6.07) is 0. The van der Waals surface area contributed by atoms with Crippen molar-refractivity contribution in [1.82, 2.24) is 4.90 Å². The molecule has 0 saturated carbocycles. The van der Waals surface area contributed by atoms with Crippen molar-refractivity contribution in [2.45, 2.75) is 27.2 Å². The van der Waals surface area contributed by atoms with E-state index < -0.39 is 0 Å². The number of carbonyl (C=O) groups excluding carboxylic acids is 2. The van der Waals surface area contributed by atoms with E-state index in [0.29, 0.717) is 30.8 Å². The van der Waals surface area contributed by atoms with E-state index in [1.54, 1.807) is 11.8 Å². The van der Waals surface area contributed by atoms with E-state index in [-0.39, 0.29) is 18.4 Å². The Morgan fingerprint density at radius 1 is 1.38 bits per heavy atom. The van der Waals surface area contributed by atoms with Gasteiger partial charge in [-0.25, -0.2) is 0 Å². The Morgan fingerprint density at radius 3 is 2.44 bits per heavy atom. The molecule has 0 atom stereocenters. The maximum atomic E-state index is 11.7. The van der Waals surface area contributed by atoms with Gasteiger partial charge in [-0.2, -0.15) is 0 Å². The zero-order chi connectivity index (χ0) is 12.6. The lowest BCUT2D eigenvalue weighted by molar-refractivity contribution is -0.149. The van der Waals surface area contributed by atoms with Gasteiger partial charge < -0.3 is 9.64 Å². The maximum absolute atomic E-state index is 11.7. The molecular weight excluding hydrogens is 274 g/mol. The fourth-order valence-electron chi connectivity index (χ4n) is 1.30. The van der Waals surface area contributed by atoms with Crippen LogP contribution in [-0.2, 0) is 14.3 Å². The maximum Gasteiger partial charge on any atom is 0.325 e. The molecule has 0 unspecified atom stereocenters. The minimum Gasteiger partial charge on any atom is -0.465 e. The van der Waals surface area contributed by atoms with Crippen molar-refractivity contribution in [2.24, 2.45) is 5.92 Å². The topological polar surface area (TPSA) is 46.6 Å². The normalized spacial score (nSPS) is 10.3. The van der Waals surface area contributed by atoms with Gasteiger partial charge in [0.1, 0.15) is 6.54 Å². The predicted molar refractivity (Wildman–Crippen MR) is 66.5 cm³/mol. The first-order valence-electron chi connectivity index (χ1n) is 5.50. The molecule has 0 fully saturated rings. The van der Waals surface area contributed by atoms with Crippen molar-refractivity contribution in [3.8, 4) is 0 Å². The fraction of sp³-hybridized carbons (Fsp3) is 0.818. The van der Waals surface area contributed by atoms with Gasteiger partial charge in [0, 0.05) is 18.3 Å². The first-order valence-corrected chi connectivity index (χ1v) is 6.62. The number of carbonyl (C=O) groups is 2. The number of esters is 1. The average molecular weight is 294 g/mol. The molecule has 0 heterocycles. The van der Waals surface area contributed by atoms with Gasteiger partial charge in [-0.05, 0) is 12.8 Å². The van der Waals surface area contributed by atoms with Crippen molar-refractivity contribution in [3.63, 3.8) is 0 Å². The first-order chi connectivity index (χ1) is 7.51. The summed E-state index contributed by atoms with van der Waals surface area (Å²) in [6.45, 7) is 6.77. The molecule has 0 bridgehead atoms. The molecule has 0 aliphatic carbocycles. The molecule has 0 aromatic heterocycles. The first kappa shape index (κ1) is 15.4. The van der Waals surface area contributed by atoms with Crippen molar-refractivity contribution < 1.29 is 14.3 Å². The largest absolute Gasteiger partial charge is 0.465 e. The predicted octanol–water partition coefficient (Wildman–Crippen LogP) is 1.82. The lowest BCUT2D eigenvalue weighted by atomic mass is 10.2. The Bertz CT molecular complexity index is 231. The highest BCUT2D eigenvalue weighted by Crippen LogP contribution is 2.03. The average Bonchev–Trinajstić information content (AvgIpc) is 2.16. The number of alkyl halides is 1. The number of rotatable bonds is 7. The summed E-state index contributed by atoms with van der Waals surface area (Å²) in [6.07, 6.45) is 0.409. The van der Waals surface area contributed by atoms with E-state index in [4.69, 9.17) is 4.74 Å². The summed E-state index contributed by atoms with van der Waals surface area (Å²) in [5, 5.41) is 0.614. The standard InChI is InChI=1S/C11H20BrNO3/c1-4-16-11(15)8-13(7-9(2)3)10(14)5-6-12/h9H,4-8H2,1-3H3. The molecule has 4 nitrogen and oxygen atoms in total. The molecule has 94 valence electrons. The number of hydrogen-bond acceptors (Lipinski definition) is 3. The molecule has 1 amide bonds. The molecule has 0 saturated heterocycles. The quantitative estimate of drug-likeness (QED) is 0.531. The summed E-state index contributed by atoms with van der Waals surface area (Å²) in [7, 11) is 0. The van der Waals surface area contributed by atoms with Crippen LogP contribution in [0.3, 0.4) is 0 Å². The van der Waals surface area contributed by atoms with E-state index in [1.165, 1.54) is 0 Å². The highest BCUT2D eigenvalue weighted by molar-refractivity contribution is 9.09. The Balaban J connectivity index is 4.30. The second-order valence-electron chi connectivity index (χ2n) is 3.91. The van der Waals surface area contributed by atoms with E-state index >= 15 is 0 Å². The minimum atomic E-state index is -0.342. The number of hydrogen-bond donors (Lipinski definition) is 0. The van der Waals surface area contributed by atoms with Gasteiger partial charge in [0.25, 0.3) is 0 Å². The van der Waals surface area contributed by atoms with Crippen LogP contribution < -0.4 is 0 Å². The zero-order valence-corrected chi connectivity index (χ0v) is 11.7. The third kappa shape index (κ3) is 6.82. The van der Waals surface area contributed by atoms with Crippen molar-refractivity contribution in [3.05, 3.63) is 0 Å². The Morgan fingerprint density at radius 2 is 2.00 bits per heavy atom. The Kier molecular flexibility index (Phi) is 8.25. The summed E-state index contributed by atoms with van der Waals surface area (Å²) >= 11 is 3.22. The minimum absolute atomic E-state index is 0.0152. The molecule has 16 heavy (non-hydrogen) atoms. The van der Waals surface area contributed by atoms with Gasteiger partial charge in [-0.1, -0.05) is 29.8 Å². The molecule has 0 spiro atoms. The van der Waals surface area contributed by atoms with Gasteiger partial charge in [0.05, 0.1) is 6.61 Å². The highest BCUT2D eigenvalue weighted by atomic mass is 79.9. The molecule has 0 aliphatic rings. The molecule has 0 N–H and O–H groups in total.